The molecule has 0 aliphatic rings. The number of carbonyl (C=O) groups excluding carboxylic acids is 2. The van der Waals surface area contributed by atoms with E-state index in [1.807, 2.05) is 24.3 Å². The molecule has 6 heteroatoms. The van der Waals surface area contributed by atoms with Crippen molar-refractivity contribution >= 4 is 24.3 Å². The lowest BCUT2D eigenvalue weighted by Gasteiger charge is -1.98. The van der Waals surface area contributed by atoms with Gasteiger partial charge in [0.15, 0.2) is 0 Å². The smallest absolute Gasteiger partial charge is 0.410 e. The maximum Gasteiger partial charge on any atom is 0.410 e. The van der Waals surface area contributed by atoms with E-state index in [-0.39, 0.29) is 0 Å². The molecule has 2 N–H and O–H groups in total. The predicted molar refractivity (Wildman–Crippen MR) is 75.6 cm³/mol. The molecule has 6 nitrogen and oxygen atoms in total. The van der Waals surface area contributed by atoms with Crippen LogP contribution in [0.4, 0.5) is 9.59 Å². The summed E-state index contributed by atoms with van der Waals surface area (Å²) in [6.45, 7) is 0. The summed E-state index contributed by atoms with van der Waals surface area (Å²) in [6.07, 6.45) is 5.42. The first kappa shape index (κ1) is 15.3. The van der Waals surface area contributed by atoms with Gasteiger partial charge in [0.25, 0.3) is 0 Å². The fourth-order valence-corrected chi connectivity index (χ4v) is 1.25. The first-order valence-electron chi connectivity index (χ1n) is 5.78. The van der Waals surface area contributed by atoms with Gasteiger partial charge in [-0.05, 0) is 23.3 Å². The van der Waals surface area contributed by atoms with Crippen LogP contribution >= 0.6 is 0 Å². The van der Waals surface area contributed by atoms with Crippen LogP contribution in [0.1, 0.15) is 11.1 Å². The normalized spacial score (nSPS) is 10.5. The minimum absolute atomic E-state index is 0.519. The molecule has 1 aromatic carbocycles. The van der Waals surface area contributed by atoms with Crippen LogP contribution in [-0.2, 0) is 9.47 Å². The lowest BCUT2D eigenvalue weighted by Crippen LogP contribution is -2.15. The van der Waals surface area contributed by atoms with Crippen molar-refractivity contribution in [3.63, 3.8) is 0 Å². The molecule has 0 spiro atoms. The van der Waals surface area contributed by atoms with Gasteiger partial charge in [-0.2, -0.15) is 0 Å². The molecule has 0 fully saturated rings. The van der Waals surface area contributed by atoms with E-state index in [4.69, 9.17) is 0 Å². The summed E-state index contributed by atoms with van der Waals surface area (Å²) >= 11 is 0. The molecule has 0 atom stereocenters. The highest BCUT2D eigenvalue weighted by Gasteiger charge is 1.93. The number of carbonyl (C=O) groups is 2. The molecular formula is C14H16N2O4. The number of nitrogens with one attached hydrogen (secondary N) is 2. The number of hydrogen-bond acceptors (Lipinski definition) is 4. The summed E-state index contributed by atoms with van der Waals surface area (Å²) in [5, 5.41) is 4.86. The van der Waals surface area contributed by atoms with Gasteiger partial charge in [0.1, 0.15) is 0 Å². The van der Waals surface area contributed by atoms with Gasteiger partial charge in [0, 0.05) is 12.4 Å². The zero-order valence-corrected chi connectivity index (χ0v) is 11.3. The van der Waals surface area contributed by atoms with Crippen molar-refractivity contribution in [2.24, 2.45) is 0 Å². The van der Waals surface area contributed by atoms with Gasteiger partial charge in [0.05, 0.1) is 14.2 Å². The van der Waals surface area contributed by atoms with Crippen molar-refractivity contribution in [2.75, 3.05) is 14.2 Å². The highest BCUT2D eigenvalue weighted by Crippen LogP contribution is 2.07. The maximum atomic E-state index is 10.8. The van der Waals surface area contributed by atoms with Crippen molar-refractivity contribution in [1.82, 2.24) is 10.6 Å². The zero-order valence-electron chi connectivity index (χ0n) is 11.3. The van der Waals surface area contributed by atoms with Crippen LogP contribution in [0.25, 0.3) is 12.2 Å². The van der Waals surface area contributed by atoms with Crippen LogP contribution in [0.5, 0.6) is 0 Å². The Balaban J connectivity index is 2.51. The third-order valence-electron chi connectivity index (χ3n) is 2.26. The number of methoxy groups -OCH3 is 2. The van der Waals surface area contributed by atoms with E-state index < -0.39 is 12.2 Å². The Morgan fingerprint density at radius 1 is 0.850 bits per heavy atom. The highest BCUT2D eigenvalue weighted by atomic mass is 16.5. The summed E-state index contributed by atoms with van der Waals surface area (Å²) < 4.78 is 8.85. The minimum Gasteiger partial charge on any atom is -0.453 e. The number of rotatable bonds is 4. The molecule has 0 aliphatic carbocycles. The van der Waals surface area contributed by atoms with Crippen molar-refractivity contribution in [3.8, 4) is 0 Å². The quantitative estimate of drug-likeness (QED) is 0.885. The van der Waals surface area contributed by atoms with Crippen LogP contribution < -0.4 is 10.6 Å². The molecule has 0 aliphatic heterocycles. The topological polar surface area (TPSA) is 76.7 Å². The molecule has 0 heterocycles. The number of benzene rings is 1. The van der Waals surface area contributed by atoms with Gasteiger partial charge in [-0.1, -0.05) is 24.3 Å². The third kappa shape index (κ3) is 5.72. The van der Waals surface area contributed by atoms with E-state index >= 15 is 0 Å². The van der Waals surface area contributed by atoms with Crippen molar-refractivity contribution in [1.29, 1.82) is 0 Å². The Hall–Kier alpha value is -2.76. The van der Waals surface area contributed by atoms with Gasteiger partial charge < -0.3 is 9.47 Å². The van der Waals surface area contributed by atoms with Crippen LogP contribution in [-0.4, -0.2) is 26.4 Å². The summed E-state index contributed by atoms with van der Waals surface area (Å²) in [7, 11) is 2.60. The fourth-order valence-electron chi connectivity index (χ4n) is 1.25. The summed E-state index contributed by atoms with van der Waals surface area (Å²) in [4.78, 5) is 21.6. The van der Waals surface area contributed by atoms with Gasteiger partial charge in [0.2, 0.25) is 0 Å². The average Bonchev–Trinajstić information content (AvgIpc) is 2.48. The number of alkyl carbamates (subject to hydrolysis) is 2. The summed E-state index contributed by atoms with van der Waals surface area (Å²) in [5.41, 5.74) is 1.83. The molecule has 0 radical (unpaired) electrons. The third-order valence-corrected chi connectivity index (χ3v) is 2.26. The van der Waals surface area contributed by atoms with Gasteiger partial charge >= 0.3 is 12.2 Å². The molecule has 0 aromatic heterocycles. The van der Waals surface area contributed by atoms with Crippen LogP contribution in [0.2, 0.25) is 0 Å². The Labute approximate surface area is 117 Å². The van der Waals surface area contributed by atoms with E-state index in [1.165, 1.54) is 26.6 Å². The van der Waals surface area contributed by atoms with Gasteiger partial charge in [-0.15, -0.1) is 0 Å². The van der Waals surface area contributed by atoms with E-state index in [9.17, 15) is 9.59 Å². The number of ether oxygens (including phenoxy) is 2. The Morgan fingerprint density at radius 2 is 1.20 bits per heavy atom. The first-order valence-corrected chi connectivity index (χ1v) is 5.78. The maximum absolute atomic E-state index is 10.8. The molecule has 0 saturated carbocycles. The molecule has 0 saturated heterocycles. The molecule has 20 heavy (non-hydrogen) atoms. The van der Waals surface area contributed by atoms with E-state index in [2.05, 4.69) is 20.1 Å². The van der Waals surface area contributed by atoms with Crippen LogP contribution in [0.3, 0.4) is 0 Å². The van der Waals surface area contributed by atoms with E-state index in [1.54, 1.807) is 12.2 Å². The molecular weight excluding hydrogens is 260 g/mol. The Kier molecular flexibility index (Phi) is 6.40. The molecule has 1 aromatic rings. The minimum atomic E-state index is -0.519. The summed E-state index contributed by atoms with van der Waals surface area (Å²) in [6, 6.07) is 7.47. The molecule has 0 bridgehead atoms. The lowest BCUT2D eigenvalue weighted by atomic mass is 10.1. The second-order valence-corrected chi connectivity index (χ2v) is 3.61. The molecule has 0 unspecified atom stereocenters. The average molecular weight is 276 g/mol. The number of hydrogen-bond donors (Lipinski definition) is 2. The van der Waals surface area contributed by atoms with Crippen LogP contribution in [0.15, 0.2) is 36.7 Å². The van der Waals surface area contributed by atoms with Crippen molar-refractivity contribution < 1.29 is 19.1 Å². The first-order chi connectivity index (χ1) is 9.65. The number of amides is 2. The van der Waals surface area contributed by atoms with Crippen LogP contribution in [0, 0.1) is 0 Å². The lowest BCUT2D eigenvalue weighted by molar-refractivity contribution is 0.174. The molecule has 106 valence electrons. The predicted octanol–water partition coefficient (Wildman–Crippen LogP) is 2.34. The second-order valence-electron chi connectivity index (χ2n) is 3.61. The highest BCUT2D eigenvalue weighted by molar-refractivity contribution is 5.70. The SMILES string of the molecule is COC(=O)N/C=C\c1ccc(/C=C\NC(=O)OC)cc1. The zero-order chi connectivity index (χ0) is 14.8. The largest absolute Gasteiger partial charge is 0.453 e. The fraction of sp³-hybridized carbons (Fsp3) is 0.143. The van der Waals surface area contributed by atoms with Crippen molar-refractivity contribution in [2.45, 2.75) is 0 Å². The van der Waals surface area contributed by atoms with E-state index in [0.29, 0.717) is 0 Å². The monoisotopic (exact) mass is 276 g/mol. The van der Waals surface area contributed by atoms with Crippen molar-refractivity contribution in [3.05, 3.63) is 47.8 Å². The molecule has 1 rings (SSSR count). The van der Waals surface area contributed by atoms with E-state index in [0.717, 1.165) is 11.1 Å². The van der Waals surface area contributed by atoms with Gasteiger partial charge in [-0.25, -0.2) is 9.59 Å². The Morgan fingerprint density at radius 3 is 1.50 bits per heavy atom. The van der Waals surface area contributed by atoms with Gasteiger partial charge in [-0.3, -0.25) is 10.6 Å². The summed E-state index contributed by atoms with van der Waals surface area (Å²) in [5.74, 6) is 0. The molecule has 2 amide bonds. The standard InChI is InChI=1S/C14H16N2O4/c1-19-13(17)15-9-7-11-3-5-12(6-4-11)8-10-16-14(18)20-2/h3-10H,1-2H3,(H,15,17)(H,16,18)/b9-7-,10-8-. The Bertz CT molecular complexity index is 459. The second kappa shape index (κ2) is 8.36.